The lowest BCUT2D eigenvalue weighted by molar-refractivity contribution is 0.222. The predicted octanol–water partition coefficient (Wildman–Crippen LogP) is 1.37. The zero-order chi connectivity index (χ0) is 9.97. The van der Waals surface area contributed by atoms with Gasteiger partial charge in [0.25, 0.3) is 5.89 Å². The predicted molar refractivity (Wildman–Crippen MR) is 45.6 cm³/mol. The maximum Gasteiger partial charge on any atom is 0.252 e. The molecule has 0 atom stereocenters. The Morgan fingerprint density at radius 1 is 1.29 bits per heavy atom. The highest BCUT2D eigenvalue weighted by atomic mass is 19.1. The van der Waals surface area contributed by atoms with Gasteiger partial charge in [-0.05, 0) is 24.3 Å². The number of nitrogens with zero attached hydrogens (tertiary/aromatic N) is 2. The van der Waals surface area contributed by atoms with Crippen LogP contribution in [-0.2, 0) is 6.61 Å². The van der Waals surface area contributed by atoms with Crippen molar-refractivity contribution in [1.82, 2.24) is 10.1 Å². The van der Waals surface area contributed by atoms with Gasteiger partial charge in [-0.2, -0.15) is 4.98 Å². The third kappa shape index (κ3) is 1.62. The summed E-state index contributed by atoms with van der Waals surface area (Å²) >= 11 is 0. The van der Waals surface area contributed by atoms with Gasteiger partial charge in [0.15, 0.2) is 0 Å². The van der Waals surface area contributed by atoms with Crippen LogP contribution in [0, 0.1) is 5.82 Å². The molecule has 0 radical (unpaired) electrons. The van der Waals surface area contributed by atoms with Gasteiger partial charge in [-0.1, -0.05) is 5.16 Å². The molecule has 1 heterocycles. The average Bonchev–Trinajstić information content (AvgIpc) is 2.67. The van der Waals surface area contributed by atoms with Crippen LogP contribution in [0.2, 0.25) is 0 Å². The van der Waals surface area contributed by atoms with E-state index in [9.17, 15) is 4.39 Å². The first-order valence-electron chi connectivity index (χ1n) is 3.99. The summed E-state index contributed by atoms with van der Waals surface area (Å²) in [7, 11) is 0. The molecule has 2 rings (SSSR count). The molecule has 0 spiro atoms. The SMILES string of the molecule is OCc1nc(-c2ccc(F)cc2)no1. The van der Waals surface area contributed by atoms with E-state index in [1.165, 1.54) is 12.1 Å². The molecule has 14 heavy (non-hydrogen) atoms. The maximum absolute atomic E-state index is 12.6. The Balaban J connectivity index is 2.34. The molecule has 1 aromatic heterocycles. The second-order valence-electron chi connectivity index (χ2n) is 2.68. The Kier molecular flexibility index (Phi) is 2.24. The topological polar surface area (TPSA) is 59.2 Å². The highest BCUT2D eigenvalue weighted by Crippen LogP contribution is 2.15. The molecule has 0 unspecified atom stereocenters. The first kappa shape index (κ1) is 8.83. The zero-order valence-electron chi connectivity index (χ0n) is 7.14. The van der Waals surface area contributed by atoms with Crippen molar-refractivity contribution in [2.45, 2.75) is 6.61 Å². The van der Waals surface area contributed by atoms with Crippen molar-refractivity contribution >= 4 is 0 Å². The standard InChI is InChI=1S/C9H7FN2O2/c10-7-3-1-6(2-4-7)9-11-8(5-13)14-12-9/h1-4,13H,5H2. The van der Waals surface area contributed by atoms with E-state index in [1.807, 2.05) is 0 Å². The molecule has 0 bridgehead atoms. The van der Waals surface area contributed by atoms with Gasteiger partial charge in [-0.15, -0.1) is 0 Å². The number of hydrogen-bond acceptors (Lipinski definition) is 4. The van der Waals surface area contributed by atoms with Crippen molar-refractivity contribution in [3.63, 3.8) is 0 Å². The maximum atomic E-state index is 12.6. The number of rotatable bonds is 2. The summed E-state index contributed by atoms with van der Waals surface area (Å²) in [6.45, 7) is -0.297. The summed E-state index contributed by atoms with van der Waals surface area (Å²) in [4.78, 5) is 3.88. The van der Waals surface area contributed by atoms with Gasteiger partial charge >= 0.3 is 0 Å². The normalized spacial score (nSPS) is 10.4. The highest BCUT2D eigenvalue weighted by Gasteiger charge is 2.06. The summed E-state index contributed by atoms with van der Waals surface area (Å²) < 4.78 is 17.3. The van der Waals surface area contributed by atoms with Gasteiger partial charge < -0.3 is 9.63 Å². The minimum atomic E-state index is -0.320. The van der Waals surface area contributed by atoms with Crippen LogP contribution in [0.3, 0.4) is 0 Å². The van der Waals surface area contributed by atoms with Crippen LogP contribution in [0.4, 0.5) is 4.39 Å². The van der Waals surface area contributed by atoms with Crippen LogP contribution in [0.15, 0.2) is 28.8 Å². The number of hydrogen-bond donors (Lipinski definition) is 1. The molecule has 0 fully saturated rings. The molecule has 0 saturated carbocycles. The van der Waals surface area contributed by atoms with E-state index < -0.39 is 0 Å². The van der Waals surface area contributed by atoms with Crippen LogP contribution in [-0.4, -0.2) is 15.2 Å². The van der Waals surface area contributed by atoms with E-state index in [1.54, 1.807) is 12.1 Å². The van der Waals surface area contributed by atoms with Gasteiger partial charge in [0, 0.05) is 5.56 Å². The van der Waals surface area contributed by atoms with E-state index in [4.69, 9.17) is 9.63 Å². The summed E-state index contributed by atoms with van der Waals surface area (Å²) in [5, 5.41) is 12.3. The molecule has 72 valence electrons. The van der Waals surface area contributed by atoms with Crippen LogP contribution in [0.25, 0.3) is 11.4 Å². The monoisotopic (exact) mass is 194 g/mol. The number of benzene rings is 1. The van der Waals surface area contributed by atoms with Crippen molar-refractivity contribution in [2.75, 3.05) is 0 Å². The fraction of sp³-hybridized carbons (Fsp3) is 0.111. The van der Waals surface area contributed by atoms with E-state index >= 15 is 0 Å². The van der Waals surface area contributed by atoms with Crippen LogP contribution < -0.4 is 0 Å². The summed E-state index contributed by atoms with van der Waals surface area (Å²) in [5.41, 5.74) is 0.648. The lowest BCUT2D eigenvalue weighted by Gasteiger charge is -1.92. The van der Waals surface area contributed by atoms with Crippen molar-refractivity contribution in [2.24, 2.45) is 0 Å². The van der Waals surface area contributed by atoms with Gasteiger partial charge in [0.05, 0.1) is 0 Å². The van der Waals surface area contributed by atoms with E-state index in [-0.39, 0.29) is 18.3 Å². The Morgan fingerprint density at radius 2 is 2.00 bits per heavy atom. The second kappa shape index (κ2) is 3.55. The summed E-state index contributed by atoms with van der Waals surface area (Å²) in [5.74, 6) is 0.165. The molecule has 2 aromatic rings. The number of aliphatic hydroxyl groups excluding tert-OH is 1. The Morgan fingerprint density at radius 3 is 2.57 bits per heavy atom. The Bertz CT molecular complexity index is 425. The molecule has 0 amide bonds. The van der Waals surface area contributed by atoms with Crippen molar-refractivity contribution in [1.29, 1.82) is 0 Å². The third-order valence-corrected chi connectivity index (χ3v) is 1.71. The van der Waals surface area contributed by atoms with Crippen molar-refractivity contribution < 1.29 is 14.0 Å². The first-order chi connectivity index (χ1) is 6.79. The van der Waals surface area contributed by atoms with Crippen molar-refractivity contribution in [3.05, 3.63) is 36.0 Å². The van der Waals surface area contributed by atoms with Crippen LogP contribution >= 0.6 is 0 Å². The zero-order valence-corrected chi connectivity index (χ0v) is 7.14. The lowest BCUT2D eigenvalue weighted by atomic mass is 10.2. The molecule has 1 aromatic carbocycles. The molecule has 4 nitrogen and oxygen atoms in total. The third-order valence-electron chi connectivity index (χ3n) is 1.71. The smallest absolute Gasteiger partial charge is 0.252 e. The highest BCUT2D eigenvalue weighted by molar-refractivity contribution is 5.53. The van der Waals surface area contributed by atoms with Gasteiger partial charge in [0.1, 0.15) is 12.4 Å². The average molecular weight is 194 g/mol. The van der Waals surface area contributed by atoms with Gasteiger partial charge in [0.2, 0.25) is 5.82 Å². The van der Waals surface area contributed by atoms with Gasteiger partial charge in [-0.25, -0.2) is 4.39 Å². The fourth-order valence-corrected chi connectivity index (χ4v) is 1.04. The molecule has 5 heteroatoms. The number of halogens is 1. The van der Waals surface area contributed by atoms with E-state index in [0.717, 1.165) is 0 Å². The first-order valence-corrected chi connectivity index (χ1v) is 3.99. The molecular formula is C9H7FN2O2. The van der Waals surface area contributed by atoms with Crippen LogP contribution in [0.1, 0.15) is 5.89 Å². The number of aliphatic hydroxyl groups is 1. The Labute approximate surface area is 79.0 Å². The van der Waals surface area contributed by atoms with Crippen LogP contribution in [0.5, 0.6) is 0 Å². The molecule has 0 aliphatic rings. The van der Waals surface area contributed by atoms with E-state index in [0.29, 0.717) is 11.4 Å². The Hall–Kier alpha value is -1.75. The largest absolute Gasteiger partial charge is 0.387 e. The molecular weight excluding hydrogens is 187 g/mol. The molecule has 0 aliphatic heterocycles. The minimum Gasteiger partial charge on any atom is -0.387 e. The molecule has 0 saturated heterocycles. The second-order valence-corrected chi connectivity index (χ2v) is 2.68. The fourth-order valence-electron chi connectivity index (χ4n) is 1.04. The molecule has 0 aliphatic carbocycles. The number of aromatic nitrogens is 2. The summed E-state index contributed by atoms with van der Waals surface area (Å²) in [6.07, 6.45) is 0. The van der Waals surface area contributed by atoms with Gasteiger partial charge in [-0.3, -0.25) is 0 Å². The van der Waals surface area contributed by atoms with E-state index in [2.05, 4.69) is 10.1 Å². The summed E-state index contributed by atoms with van der Waals surface area (Å²) in [6, 6.07) is 5.71. The minimum absolute atomic E-state index is 0.143. The lowest BCUT2D eigenvalue weighted by Crippen LogP contribution is -1.83. The quantitative estimate of drug-likeness (QED) is 0.784. The van der Waals surface area contributed by atoms with Crippen molar-refractivity contribution in [3.8, 4) is 11.4 Å². The molecule has 1 N–H and O–H groups in total.